The molecule has 2 N–H and O–H groups in total. The lowest BCUT2D eigenvalue weighted by Gasteiger charge is -2.17. The number of aldehydes is 1. The second kappa shape index (κ2) is 5.63. The minimum atomic E-state index is 0.468. The summed E-state index contributed by atoms with van der Waals surface area (Å²) in [4.78, 5) is 16.5. The van der Waals surface area contributed by atoms with E-state index >= 15 is 0 Å². The lowest BCUT2D eigenvalue weighted by Crippen LogP contribution is -2.10. The molecule has 0 aromatic carbocycles. The van der Waals surface area contributed by atoms with Gasteiger partial charge in [0.05, 0.1) is 5.69 Å². The molecule has 0 radical (unpaired) electrons. The number of hydrogen-bond acceptors (Lipinski definition) is 4. The van der Waals surface area contributed by atoms with Gasteiger partial charge in [-0.3, -0.25) is 0 Å². The molecule has 0 spiro atoms. The first-order chi connectivity index (χ1) is 8.26. The molecule has 1 aromatic rings. The summed E-state index contributed by atoms with van der Waals surface area (Å²) in [5.74, 6) is 0.939. The molecular weight excluding hydrogens is 232 g/mol. The first-order valence-corrected chi connectivity index (χ1v) is 7.26. The zero-order valence-corrected chi connectivity index (χ0v) is 11.1. The Labute approximate surface area is 106 Å². The highest BCUT2D eigenvalue weighted by Gasteiger charge is 2.34. The van der Waals surface area contributed by atoms with Crippen molar-refractivity contribution in [3.05, 3.63) is 10.6 Å². The van der Waals surface area contributed by atoms with E-state index in [0.29, 0.717) is 23.4 Å². The molecule has 0 aliphatic heterocycles. The number of anilines is 1. The van der Waals surface area contributed by atoms with Gasteiger partial charge in [0.15, 0.2) is 5.13 Å². The summed E-state index contributed by atoms with van der Waals surface area (Å²) in [5, 5.41) is 0.681. The van der Waals surface area contributed by atoms with Gasteiger partial charge >= 0.3 is 0 Å². The zero-order chi connectivity index (χ0) is 12.3. The number of fused-ring (bicyclic) bond motifs is 1. The van der Waals surface area contributed by atoms with Crippen LogP contribution in [0.15, 0.2) is 0 Å². The van der Waals surface area contributed by atoms with E-state index in [-0.39, 0.29) is 0 Å². The number of nitrogen functional groups attached to an aromatic ring is 1. The first kappa shape index (κ1) is 12.6. The van der Waals surface area contributed by atoms with Crippen molar-refractivity contribution in [2.24, 2.45) is 5.92 Å². The lowest BCUT2D eigenvalue weighted by molar-refractivity contribution is -0.108. The largest absolute Gasteiger partial charge is 0.375 e. The van der Waals surface area contributed by atoms with E-state index in [4.69, 9.17) is 5.73 Å². The SMILES string of the molecule is CCCCCC1c2nc(N)sc2CC1CC=O. The van der Waals surface area contributed by atoms with E-state index in [2.05, 4.69) is 11.9 Å². The van der Waals surface area contributed by atoms with E-state index in [1.807, 2.05) is 0 Å². The van der Waals surface area contributed by atoms with Crippen LogP contribution in [-0.2, 0) is 11.2 Å². The van der Waals surface area contributed by atoms with Crippen LogP contribution in [-0.4, -0.2) is 11.3 Å². The fourth-order valence-electron chi connectivity index (χ4n) is 2.78. The van der Waals surface area contributed by atoms with Gasteiger partial charge in [0.2, 0.25) is 0 Å². The van der Waals surface area contributed by atoms with E-state index in [0.717, 1.165) is 19.1 Å². The molecule has 2 rings (SSSR count). The van der Waals surface area contributed by atoms with Crippen LogP contribution in [0.2, 0.25) is 0 Å². The van der Waals surface area contributed by atoms with Gasteiger partial charge in [-0.15, -0.1) is 11.3 Å². The molecule has 1 aliphatic carbocycles. The van der Waals surface area contributed by atoms with Crippen molar-refractivity contribution in [2.75, 3.05) is 5.73 Å². The number of nitrogens with two attached hydrogens (primary N) is 1. The fraction of sp³-hybridized carbons (Fsp3) is 0.692. The second-order valence-electron chi connectivity index (χ2n) is 4.83. The molecule has 17 heavy (non-hydrogen) atoms. The third kappa shape index (κ3) is 2.68. The molecular formula is C13H20N2OS. The Balaban J connectivity index is 2.08. The summed E-state index contributed by atoms with van der Waals surface area (Å²) in [6.45, 7) is 2.21. The highest BCUT2D eigenvalue weighted by Crippen LogP contribution is 2.45. The van der Waals surface area contributed by atoms with Gasteiger partial charge in [0.1, 0.15) is 6.29 Å². The summed E-state index contributed by atoms with van der Waals surface area (Å²) in [7, 11) is 0. The second-order valence-corrected chi connectivity index (χ2v) is 5.94. The highest BCUT2D eigenvalue weighted by atomic mass is 32.1. The molecule has 0 saturated carbocycles. The molecule has 2 atom stereocenters. The Morgan fingerprint density at radius 2 is 2.35 bits per heavy atom. The fourth-order valence-corrected chi connectivity index (χ4v) is 3.78. The van der Waals surface area contributed by atoms with Gasteiger partial charge in [-0.1, -0.05) is 26.2 Å². The van der Waals surface area contributed by atoms with E-state index in [1.54, 1.807) is 11.3 Å². The van der Waals surface area contributed by atoms with Gasteiger partial charge in [0.25, 0.3) is 0 Å². The van der Waals surface area contributed by atoms with Gasteiger partial charge in [-0.05, 0) is 18.8 Å². The molecule has 94 valence electrons. The van der Waals surface area contributed by atoms with Crippen molar-refractivity contribution in [1.29, 1.82) is 0 Å². The number of thiazole rings is 1. The smallest absolute Gasteiger partial charge is 0.180 e. The molecule has 1 heterocycles. The molecule has 1 aliphatic rings. The number of carbonyl (C=O) groups excluding carboxylic acids is 1. The van der Waals surface area contributed by atoms with Crippen LogP contribution in [0.1, 0.15) is 55.5 Å². The summed E-state index contributed by atoms with van der Waals surface area (Å²) < 4.78 is 0. The lowest BCUT2D eigenvalue weighted by atomic mass is 9.88. The van der Waals surface area contributed by atoms with Crippen molar-refractivity contribution >= 4 is 22.8 Å². The van der Waals surface area contributed by atoms with Crippen LogP contribution in [0.5, 0.6) is 0 Å². The molecule has 3 nitrogen and oxygen atoms in total. The zero-order valence-electron chi connectivity index (χ0n) is 10.3. The molecule has 0 saturated heterocycles. The van der Waals surface area contributed by atoms with Crippen LogP contribution in [0.3, 0.4) is 0 Å². The number of hydrogen-bond donors (Lipinski definition) is 1. The van der Waals surface area contributed by atoms with E-state index < -0.39 is 0 Å². The van der Waals surface area contributed by atoms with E-state index in [1.165, 1.54) is 29.8 Å². The Hall–Kier alpha value is -0.900. The Bertz CT molecular complexity index is 389. The maximum atomic E-state index is 10.7. The molecule has 0 amide bonds. The number of carbonyl (C=O) groups is 1. The van der Waals surface area contributed by atoms with Gasteiger partial charge in [-0.25, -0.2) is 4.98 Å². The molecule has 4 heteroatoms. The predicted octanol–water partition coefficient (Wildman–Crippen LogP) is 3.15. The standard InChI is InChI=1S/C13H20N2OS/c1-2-3-4-5-10-9(6-7-16)8-11-12(10)15-13(14)17-11/h7,9-10H,2-6,8H2,1H3,(H2,14,15). The maximum absolute atomic E-state index is 10.7. The number of nitrogens with zero attached hydrogens (tertiary/aromatic N) is 1. The van der Waals surface area contributed by atoms with Crippen molar-refractivity contribution in [3.63, 3.8) is 0 Å². The van der Waals surface area contributed by atoms with Crippen LogP contribution in [0.25, 0.3) is 0 Å². The predicted molar refractivity (Wildman–Crippen MR) is 71.3 cm³/mol. The van der Waals surface area contributed by atoms with Crippen molar-refractivity contribution in [2.45, 2.75) is 51.4 Å². The summed E-state index contributed by atoms with van der Waals surface area (Å²) in [6, 6.07) is 0. The molecule has 0 fully saturated rings. The van der Waals surface area contributed by atoms with Gasteiger partial charge in [-0.2, -0.15) is 0 Å². The average Bonchev–Trinajstić information content (AvgIpc) is 2.78. The third-order valence-electron chi connectivity index (χ3n) is 3.63. The quantitative estimate of drug-likeness (QED) is 0.625. The minimum absolute atomic E-state index is 0.468. The molecule has 1 aromatic heterocycles. The molecule has 0 bridgehead atoms. The third-order valence-corrected chi connectivity index (χ3v) is 4.55. The number of aromatic nitrogens is 1. The Morgan fingerprint density at radius 3 is 3.06 bits per heavy atom. The maximum Gasteiger partial charge on any atom is 0.180 e. The number of rotatable bonds is 6. The van der Waals surface area contributed by atoms with Crippen molar-refractivity contribution in [3.8, 4) is 0 Å². The Kier molecular flexibility index (Phi) is 4.15. The molecule has 2 unspecified atom stereocenters. The topological polar surface area (TPSA) is 56.0 Å². The first-order valence-electron chi connectivity index (χ1n) is 6.45. The highest BCUT2D eigenvalue weighted by molar-refractivity contribution is 7.15. The minimum Gasteiger partial charge on any atom is -0.375 e. The van der Waals surface area contributed by atoms with Gasteiger partial charge < -0.3 is 10.5 Å². The normalized spacial score (nSPS) is 22.6. The van der Waals surface area contributed by atoms with Crippen molar-refractivity contribution in [1.82, 2.24) is 4.98 Å². The van der Waals surface area contributed by atoms with E-state index in [9.17, 15) is 4.79 Å². The monoisotopic (exact) mass is 252 g/mol. The van der Waals surface area contributed by atoms with Crippen molar-refractivity contribution < 1.29 is 4.79 Å². The summed E-state index contributed by atoms with van der Waals surface area (Å²) in [6.07, 6.45) is 7.60. The van der Waals surface area contributed by atoms with Gasteiger partial charge in [0, 0.05) is 17.2 Å². The average molecular weight is 252 g/mol. The Morgan fingerprint density at radius 1 is 1.53 bits per heavy atom. The van der Waals surface area contributed by atoms with Crippen LogP contribution < -0.4 is 5.73 Å². The van der Waals surface area contributed by atoms with Crippen LogP contribution in [0.4, 0.5) is 5.13 Å². The summed E-state index contributed by atoms with van der Waals surface area (Å²) in [5.41, 5.74) is 6.95. The van der Waals surface area contributed by atoms with Crippen LogP contribution >= 0.6 is 11.3 Å². The van der Waals surface area contributed by atoms with Crippen LogP contribution in [0, 0.1) is 5.92 Å². The number of unbranched alkanes of at least 4 members (excludes halogenated alkanes) is 2. The summed E-state index contributed by atoms with van der Waals surface area (Å²) >= 11 is 1.60.